The number of anilines is 2. The molecule has 0 unspecified atom stereocenters. The molecule has 2 aromatic rings. The van der Waals surface area contributed by atoms with Crippen LogP contribution in [0.25, 0.3) is 0 Å². The lowest BCUT2D eigenvalue weighted by Gasteiger charge is -2.29. The van der Waals surface area contributed by atoms with Crippen LogP contribution in [-0.4, -0.2) is 12.5 Å². The molecule has 0 bridgehead atoms. The zero-order valence-corrected chi connectivity index (χ0v) is 13.0. The summed E-state index contributed by atoms with van der Waals surface area (Å²) in [6.45, 7) is 0.706. The van der Waals surface area contributed by atoms with Crippen molar-refractivity contribution in [2.24, 2.45) is 0 Å². The lowest BCUT2D eigenvalue weighted by Crippen LogP contribution is -2.35. The van der Waals surface area contributed by atoms with Crippen LogP contribution in [0.1, 0.15) is 22.3 Å². The van der Waals surface area contributed by atoms with Gasteiger partial charge < -0.3 is 15.1 Å². The molecule has 1 amide bonds. The van der Waals surface area contributed by atoms with Gasteiger partial charge in [0.1, 0.15) is 6.26 Å². The quantitative estimate of drug-likeness (QED) is 0.793. The molecule has 0 saturated carbocycles. The van der Waals surface area contributed by atoms with Crippen LogP contribution in [0.5, 0.6) is 0 Å². The molecule has 4 nitrogen and oxygen atoms in total. The molecule has 2 heterocycles. The fourth-order valence-corrected chi connectivity index (χ4v) is 2.78. The Morgan fingerprint density at radius 2 is 2.20 bits per heavy atom. The van der Waals surface area contributed by atoms with Gasteiger partial charge in [0.25, 0.3) is 5.91 Å². The summed E-state index contributed by atoms with van der Waals surface area (Å²) in [6, 6.07) is 7.38. The first kappa shape index (κ1) is 14.9. The van der Waals surface area contributed by atoms with Gasteiger partial charge in [-0.2, -0.15) is 0 Å². The zero-order chi connectivity index (χ0) is 13.4. The van der Waals surface area contributed by atoms with Gasteiger partial charge in [0.2, 0.25) is 0 Å². The van der Waals surface area contributed by atoms with Crippen molar-refractivity contribution >= 4 is 45.6 Å². The molecule has 0 spiro atoms. The van der Waals surface area contributed by atoms with Gasteiger partial charge in [0, 0.05) is 24.0 Å². The Kier molecular flexibility index (Phi) is 4.40. The number of furan rings is 1. The Labute approximate surface area is 131 Å². The molecular weight excluding hydrogens is 344 g/mol. The molecule has 0 fully saturated rings. The summed E-state index contributed by atoms with van der Waals surface area (Å²) in [5.74, 6) is -0.0546. The SMILES string of the molecule is Cl.Nc1cccc2c1CCCN2C(=O)c1coc(Br)c1. The first-order valence-electron chi connectivity index (χ1n) is 6.10. The molecule has 6 heteroatoms. The third kappa shape index (κ3) is 2.55. The van der Waals surface area contributed by atoms with Gasteiger partial charge in [-0.1, -0.05) is 6.07 Å². The van der Waals surface area contributed by atoms with Gasteiger partial charge in [-0.05, 0) is 46.5 Å². The maximum absolute atomic E-state index is 12.5. The first-order valence-corrected chi connectivity index (χ1v) is 6.89. The maximum atomic E-state index is 12.5. The van der Waals surface area contributed by atoms with E-state index >= 15 is 0 Å². The maximum Gasteiger partial charge on any atom is 0.261 e. The minimum atomic E-state index is -0.0546. The van der Waals surface area contributed by atoms with E-state index in [1.54, 1.807) is 11.0 Å². The number of nitrogens with two attached hydrogens (primary N) is 1. The van der Waals surface area contributed by atoms with E-state index in [0.717, 1.165) is 29.8 Å². The molecular formula is C14H14BrClN2O2. The van der Waals surface area contributed by atoms with Crippen LogP contribution in [0, 0.1) is 0 Å². The monoisotopic (exact) mass is 356 g/mol. The number of amides is 1. The standard InChI is InChI=1S/C14H13BrN2O2.ClH/c15-13-7-9(8-19-13)14(18)17-6-2-3-10-11(16)4-1-5-12(10)17;/h1,4-5,7-8H,2-3,6,16H2;1H. The number of hydrogen-bond donors (Lipinski definition) is 1. The average Bonchev–Trinajstić information content (AvgIpc) is 2.85. The van der Waals surface area contributed by atoms with Crippen LogP contribution in [0.4, 0.5) is 11.4 Å². The lowest BCUT2D eigenvalue weighted by atomic mass is 9.99. The van der Waals surface area contributed by atoms with Crippen molar-refractivity contribution < 1.29 is 9.21 Å². The molecule has 1 aliphatic heterocycles. The number of carbonyl (C=O) groups is 1. The minimum Gasteiger partial charge on any atom is -0.457 e. The van der Waals surface area contributed by atoms with E-state index in [2.05, 4.69) is 15.9 Å². The molecule has 1 aromatic carbocycles. The van der Waals surface area contributed by atoms with Crippen LogP contribution < -0.4 is 10.6 Å². The molecule has 0 atom stereocenters. The number of nitrogen functional groups attached to an aromatic ring is 1. The van der Waals surface area contributed by atoms with Gasteiger partial charge in [-0.3, -0.25) is 4.79 Å². The summed E-state index contributed by atoms with van der Waals surface area (Å²) >= 11 is 3.21. The fourth-order valence-electron chi connectivity index (χ4n) is 2.44. The summed E-state index contributed by atoms with van der Waals surface area (Å²) in [5.41, 5.74) is 9.25. The largest absolute Gasteiger partial charge is 0.457 e. The number of halogens is 2. The molecule has 0 aliphatic carbocycles. The van der Waals surface area contributed by atoms with E-state index in [9.17, 15) is 4.79 Å². The predicted molar refractivity (Wildman–Crippen MR) is 84.5 cm³/mol. The molecule has 0 saturated heterocycles. The Hall–Kier alpha value is -1.46. The highest BCUT2D eigenvalue weighted by molar-refractivity contribution is 9.10. The van der Waals surface area contributed by atoms with Crippen molar-refractivity contribution in [3.63, 3.8) is 0 Å². The number of carbonyl (C=O) groups excluding carboxylic acids is 1. The van der Waals surface area contributed by atoms with Crippen molar-refractivity contribution in [1.29, 1.82) is 0 Å². The first-order chi connectivity index (χ1) is 9.16. The molecule has 3 rings (SSSR count). The Morgan fingerprint density at radius 3 is 2.90 bits per heavy atom. The highest BCUT2D eigenvalue weighted by Gasteiger charge is 2.25. The fraction of sp³-hybridized carbons (Fsp3) is 0.214. The van der Waals surface area contributed by atoms with Gasteiger partial charge in [0.15, 0.2) is 4.67 Å². The van der Waals surface area contributed by atoms with Crippen molar-refractivity contribution in [1.82, 2.24) is 0 Å². The number of rotatable bonds is 1. The normalized spacial score (nSPS) is 13.6. The Morgan fingerprint density at radius 1 is 1.40 bits per heavy atom. The molecule has 1 aromatic heterocycles. The zero-order valence-electron chi connectivity index (χ0n) is 10.6. The summed E-state index contributed by atoms with van der Waals surface area (Å²) in [4.78, 5) is 14.3. The molecule has 20 heavy (non-hydrogen) atoms. The second kappa shape index (κ2) is 5.89. The minimum absolute atomic E-state index is 0. The van der Waals surface area contributed by atoms with Crippen LogP contribution in [-0.2, 0) is 6.42 Å². The van der Waals surface area contributed by atoms with Crippen molar-refractivity contribution in [2.45, 2.75) is 12.8 Å². The van der Waals surface area contributed by atoms with E-state index in [1.165, 1.54) is 6.26 Å². The summed E-state index contributed by atoms with van der Waals surface area (Å²) in [6.07, 6.45) is 3.31. The average molecular weight is 358 g/mol. The van der Waals surface area contributed by atoms with Crippen molar-refractivity contribution in [3.8, 4) is 0 Å². The second-order valence-corrected chi connectivity index (χ2v) is 5.33. The van der Waals surface area contributed by atoms with Crippen molar-refractivity contribution in [2.75, 3.05) is 17.2 Å². The third-order valence-corrected chi connectivity index (χ3v) is 3.76. The molecule has 106 valence electrons. The highest BCUT2D eigenvalue weighted by atomic mass is 79.9. The van der Waals surface area contributed by atoms with Gasteiger partial charge in [0.05, 0.1) is 5.56 Å². The number of benzene rings is 1. The Bertz CT molecular complexity index is 642. The highest BCUT2D eigenvalue weighted by Crippen LogP contribution is 2.32. The molecule has 0 radical (unpaired) electrons. The number of nitrogens with zero attached hydrogens (tertiary/aromatic N) is 1. The van der Waals surface area contributed by atoms with Crippen LogP contribution in [0.2, 0.25) is 0 Å². The van der Waals surface area contributed by atoms with Gasteiger partial charge in [-0.15, -0.1) is 12.4 Å². The van der Waals surface area contributed by atoms with Gasteiger partial charge in [-0.25, -0.2) is 0 Å². The Balaban J connectivity index is 0.00000147. The molecule has 1 aliphatic rings. The van der Waals surface area contributed by atoms with E-state index in [0.29, 0.717) is 16.8 Å². The van der Waals surface area contributed by atoms with E-state index in [-0.39, 0.29) is 18.3 Å². The van der Waals surface area contributed by atoms with E-state index in [1.807, 2.05) is 18.2 Å². The third-order valence-electron chi connectivity index (χ3n) is 3.35. The summed E-state index contributed by atoms with van der Waals surface area (Å²) in [7, 11) is 0. The van der Waals surface area contributed by atoms with E-state index < -0.39 is 0 Å². The molecule has 2 N–H and O–H groups in total. The van der Waals surface area contributed by atoms with Crippen LogP contribution in [0.3, 0.4) is 0 Å². The number of hydrogen-bond acceptors (Lipinski definition) is 3. The smallest absolute Gasteiger partial charge is 0.261 e. The topological polar surface area (TPSA) is 59.5 Å². The van der Waals surface area contributed by atoms with Crippen LogP contribution >= 0.6 is 28.3 Å². The van der Waals surface area contributed by atoms with E-state index in [4.69, 9.17) is 10.2 Å². The summed E-state index contributed by atoms with van der Waals surface area (Å²) < 4.78 is 5.69. The van der Waals surface area contributed by atoms with Gasteiger partial charge >= 0.3 is 0 Å². The second-order valence-electron chi connectivity index (χ2n) is 4.54. The van der Waals surface area contributed by atoms with Crippen LogP contribution in [0.15, 0.2) is 39.6 Å². The lowest BCUT2D eigenvalue weighted by molar-refractivity contribution is 0.0984. The predicted octanol–water partition coefficient (Wildman–Crippen LogP) is 3.64. The van der Waals surface area contributed by atoms with Crippen molar-refractivity contribution in [3.05, 3.63) is 46.3 Å². The number of fused-ring (bicyclic) bond motifs is 1. The summed E-state index contributed by atoms with van der Waals surface area (Å²) in [5, 5.41) is 0.